The molecule has 1 heterocycles. The van der Waals surface area contributed by atoms with Crippen molar-refractivity contribution in [1.29, 1.82) is 0 Å². The van der Waals surface area contributed by atoms with Crippen molar-refractivity contribution in [2.75, 3.05) is 0 Å². The molecule has 0 aliphatic carbocycles. The van der Waals surface area contributed by atoms with Gasteiger partial charge in [-0.25, -0.2) is 0 Å². The lowest BCUT2D eigenvalue weighted by Gasteiger charge is -2.07. The van der Waals surface area contributed by atoms with Crippen molar-refractivity contribution in [2.45, 2.75) is 20.4 Å². The van der Waals surface area contributed by atoms with Crippen molar-refractivity contribution in [3.63, 3.8) is 0 Å². The Kier molecular flexibility index (Phi) is 4.27. The maximum atomic E-state index is 12.0. The number of amides is 1. The Labute approximate surface area is 120 Å². The van der Waals surface area contributed by atoms with Gasteiger partial charge in [-0.1, -0.05) is 6.07 Å². The lowest BCUT2D eigenvalue weighted by atomic mass is 10.1. The minimum absolute atomic E-state index is 0.130. The summed E-state index contributed by atoms with van der Waals surface area (Å²) in [7, 11) is 0. The SMILES string of the molecule is Cc1ccc(C(=O)NCc2cnc(C)cn2)c(Br)c1. The first-order valence-corrected chi connectivity index (χ1v) is 6.67. The average Bonchev–Trinajstić information content (AvgIpc) is 2.37. The van der Waals surface area contributed by atoms with E-state index in [0.717, 1.165) is 21.4 Å². The van der Waals surface area contributed by atoms with Gasteiger partial charge >= 0.3 is 0 Å². The maximum Gasteiger partial charge on any atom is 0.252 e. The Balaban J connectivity index is 2.03. The zero-order valence-electron chi connectivity index (χ0n) is 10.8. The number of carbonyl (C=O) groups is 1. The number of hydrogen-bond donors (Lipinski definition) is 1. The number of halogens is 1. The molecule has 19 heavy (non-hydrogen) atoms. The topological polar surface area (TPSA) is 54.9 Å². The van der Waals surface area contributed by atoms with Crippen molar-refractivity contribution in [3.8, 4) is 0 Å². The molecule has 1 aromatic heterocycles. The van der Waals surface area contributed by atoms with Crippen LogP contribution in [0.4, 0.5) is 0 Å². The van der Waals surface area contributed by atoms with Crippen LogP contribution in [0.25, 0.3) is 0 Å². The summed E-state index contributed by atoms with van der Waals surface area (Å²) in [6.45, 7) is 4.22. The van der Waals surface area contributed by atoms with Crippen molar-refractivity contribution in [3.05, 3.63) is 57.6 Å². The van der Waals surface area contributed by atoms with Crippen LogP contribution in [0.5, 0.6) is 0 Å². The summed E-state index contributed by atoms with van der Waals surface area (Å²) < 4.78 is 0.792. The number of aromatic nitrogens is 2. The Hall–Kier alpha value is -1.75. The van der Waals surface area contributed by atoms with Gasteiger partial charge in [0.25, 0.3) is 5.91 Å². The molecule has 1 aromatic carbocycles. The van der Waals surface area contributed by atoms with Crippen LogP contribution in [-0.2, 0) is 6.54 Å². The number of hydrogen-bond acceptors (Lipinski definition) is 3. The maximum absolute atomic E-state index is 12.0. The highest BCUT2D eigenvalue weighted by molar-refractivity contribution is 9.10. The van der Waals surface area contributed by atoms with E-state index in [1.807, 2.05) is 26.0 Å². The van der Waals surface area contributed by atoms with E-state index < -0.39 is 0 Å². The van der Waals surface area contributed by atoms with Crippen LogP contribution >= 0.6 is 15.9 Å². The Morgan fingerprint density at radius 1 is 1.26 bits per heavy atom. The van der Waals surface area contributed by atoms with Crippen molar-refractivity contribution in [2.24, 2.45) is 0 Å². The Morgan fingerprint density at radius 3 is 2.68 bits per heavy atom. The number of nitrogens with zero attached hydrogens (tertiary/aromatic N) is 2. The van der Waals surface area contributed by atoms with Crippen molar-refractivity contribution < 1.29 is 4.79 Å². The molecule has 2 rings (SSSR count). The fourth-order valence-electron chi connectivity index (χ4n) is 1.58. The largest absolute Gasteiger partial charge is 0.346 e. The predicted molar refractivity (Wildman–Crippen MR) is 76.8 cm³/mol. The number of benzene rings is 1. The van der Waals surface area contributed by atoms with E-state index in [-0.39, 0.29) is 5.91 Å². The van der Waals surface area contributed by atoms with Crippen LogP contribution in [0.3, 0.4) is 0 Å². The van der Waals surface area contributed by atoms with Crippen molar-refractivity contribution in [1.82, 2.24) is 15.3 Å². The summed E-state index contributed by atoms with van der Waals surface area (Å²) in [5, 5.41) is 2.82. The third kappa shape index (κ3) is 3.61. The molecule has 4 nitrogen and oxygen atoms in total. The first kappa shape index (κ1) is 13.7. The van der Waals surface area contributed by atoms with Gasteiger partial charge in [0.05, 0.1) is 29.7 Å². The summed E-state index contributed by atoms with van der Waals surface area (Å²) >= 11 is 3.39. The van der Waals surface area contributed by atoms with E-state index in [9.17, 15) is 4.79 Å². The van der Waals surface area contributed by atoms with E-state index >= 15 is 0 Å². The Morgan fingerprint density at radius 2 is 2.05 bits per heavy atom. The van der Waals surface area contributed by atoms with E-state index in [0.29, 0.717) is 12.1 Å². The van der Waals surface area contributed by atoms with Gasteiger partial charge in [-0.05, 0) is 47.5 Å². The number of nitrogens with one attached hydrogen (secondary N) is 1. The second kappa shape index (κ2) is 5.93. The molecule has 0 atom stereocenters. The van der Waals surface area contributed by atoms with Crippen LogP contribution in [0.1, 0.15) is 27.3 Å². The molecule has 0 fully saturated rings. The molecule has 1 N–H and O–H groups in total. The van der Waals surface area contributed by atoms with Gasteiger partial charge in [-0.3, -0.25) is 14.8 Å². The molecule has 98 valence electrons. The highest BCUT2D eigenvalue weighted by atomic mass is 79.9. The van der Waals surface area contributed by atoms with Crippen LogP contribution < -0.4 is 5.32 Å². The molecule has 0 aliphatic rings. The molecule has 0 unspecified atom stereocenters. The minimum Gasteiger partial charge on any atom is -0.346 e. The fourth-order valence-corrected chi connectivity index (χ4v) is 2.25. The highest BCUT2D eigenvalue weighted by Gasteiger charge is 2.09. The van der Waals surface area contributed by atoms with Gasteiger partial charge in [-0.2, -0.15) is 0 Å². The standard InChI is InChI=1S/C14H14BrN3O/c1-9-3-4-12(13(15)5-9)14(19)18-8-11-7-16-10(2)6-17-11/h3-7H,8H2,1-2H3,(H,18,19). The smallest absolute Gasteiger partial charge is 0.252 e. The van der Waals surface area contributed by atoms with Crippen LogP contribution in [-0.4, -0.2) is 15.9 Å². The molecule has 0 spiro atoms. The summed E-state index contributed by atoms with van der Waals surface area (Å²) in [6.07, 6.45) is 3.35. The molecule has 2 aromatic rings. The lowest BCUT2D eigenvalue weighted by molar-refractivity contribution is 0.0949. The van der Waals surface area contributed by atoms with Gasteiger partial charge in [0.1, 0.15) is 0 Å². The van der Waals surface area contributed by atoms with Gasteiger partial charge in [0.2, 0.25) is 0 Å². The molecular weight excluding hydrogens is 306 g/mol. The number of aryl methyl sites for hydroxylation is 2. The molecule has 1 amide bonds. The molecule has 0 saturated heterocycles. The normalized spacial score (nSPS) is 10.3. The quantitative estimate of drug-likeness (QED) is 0.946. The van der Waals surface area contributed by atoms with Crippen molar-refractivity contribution >= 4 is 21.8 Å². The van der Waals surface area contributed by atoms with E-state index in [2.05, 4.69) is 31.2 Å². The molecule has 0 saturated carbocycles. The van der Waals surface area contributed by atoms with E-state index in [4.69, 9.17) is 0 Å². The zero-order chi connectivity index (χ0) is 13.8. The van der Waals surface area contributed by atoms with Gasteiger partial charge in [-0.15, -0.1) is 0 Å². The summed E-state index contributed by atoms with van der Waals surface area (Å²) in [5.41, 5.74) is 3.32. The van der Waals surface area contributed by atoms with Crippen LogP contribution in [0, 0.1) is 13.8 Å². The summed E-state index contributed by atoms with van der Waals surface area (Å²) in [4.78, 5) is 20.4. The first-order chi connectivity index (χ1) is 9.06. The molecule has 0 radical (unpaired) electrons. The first-order valence-electron chi connectivity index (χ1n) is 5.88. The summed E-state index contributed by atoms with van der Waals surface area (Å²) in [5.74, 6) is -0.130. The Bertz CT molecular complexity index is 596. The van der Waals surface area contributed by atoms with Gasteiger partial charge < -0.3 is 5.32 Å². The second-order valence-electron chi connectivity index (χ2n) is 4.32. The van der Waals surface area contributed by atoms with Gasteiger partial charge in [0.15, 0.2) is 0 Å². The minimum atomic E-state index is -0.130. The second-order valence-corrected chi connectivity index (χ2v) is 5.17. The zero-order valence-corrected chi connectivity index (χ0v) is 12.4. The monoisotopic (exact) mass is 319 g/mol. The summed E-state index contributed by atoms with van der Waals surface area (Å²) in [6, 6.07) is 5.63. The molecular formula is C14H14BrN3O. The molecule has 0 bridgehead atoms. The van der Waals surface area contributed by atoms with Gasteiger partial charge in [0, 0.05) is 10.7 Å². The van der Waals surface area contributed by atoms with E-state index in [1.54, 1.807) is 18.5 Å². The fraction of sp³-hybridized carbons (Fsp3) is 0.214. The third-order valence-corrected chi connectivity index (χ3v) is 3.29. The average molecular weight is 320 g/mol. The van der Waals surface area contributed by atoms with E-state index in [1.165, 1.54) is 0 Å². The van der Waals surface area contributed by atoms with Crippen LogP contribution in [0.2, 0.25) is 0 Å². The molecule has 0 aliphatic heterocycles. The number of carbonyl (C=O) groups excluding carboxylic acids is 1. The predicted octanol–water partition coefficient (Wildman–Crippen LogP) is 2.79. The number of rotatable bonds is 3. The third-order valence-electron chi connectivity index (χ3n) is 2.63. The van der Waals surface area contributed by atoms with Crippen LogP contribution in [0.15, 0.2) is 35.1 Å². The molecule has 5 heteroatoms. The highest BCUT2D eigenvalue weighted by Crippen LogP contribution is 2.18. The lowest BCUT2D eigenvalue weighted by Crippen LogP contribution is -2.23.